The van der Waals surface area contributed by atoms with Gasteiger partial charge in [-0.2, -0.15) is 0 Å². The lowest BCUT2D eigenvalue weighted by Crippen LogP contribution is -2.41. The highest BCUT2D eigenvalue weighted by atomic mass is 19.1. The van der Waals surface area contributed by atoms with Crippen LogP contribution in [0.15, 0.2) is 0 Å². The molecule has 0 aromatic rings. The van der Waals surface area contributed by atoms with Gasteiger partial charge in [0.05, 0.1) is 6.61 Å². The Hall–Kier alpha value is -1.00. The number of ether oxygens (including phenoxy) is 1. The molecular formula is C7H10F2O3. The molecule has 0 rings (SSSR count). The van der Waals surface area contributed by atoms with Crippen molar-refractivity contribution in [3.63, 3.8) is 0 Å². The van der Waals surface area contributed by atoms with E-state index >= 15 is 0 Å². The van der Waals surface area contributed by atoms with Crippen molar-refractivity contribution in [2.75, 3.05) is 13.3 Å². The number of hydrogen-bond donors (Lipinski definition) is 0. The van der Waals surface area contributed by atoms with Crippen LogP contribution in [-0.4, -0.2) is 30.7 Å². The Morgan fingerprint density at radius 2 is 2.00 bits per heavy atom. The highest BCUT2D eigenvalue weighted by Gasteiger charge is 2.42. The van der Waals surface area contributed by atoms with Crippen LogP contribution in [0.25, 0.3) is 0 Å². The van der Waals surface area contributed by atoms with Gasteiger partial charge in [0, 0.05) is 0 Å². The lowest BCUT2D eigenvalue weighted by molar-refractivity contribution is -0.161. The maximum Gasteiger partial charge on any atom is 0.351 e. The van der Waals surface area contributed by atoms with Gasteiger partial charge in [-0.1, -0.05) is 0 Å². The maximum atomic E-state index is 13.0. The lowest BCUT2D eigenvalue weighted by Gasteiger charge is -2.14. The fourth-order valence-corrected chi connectivity index (χ4v) is 0.506. The van der Waals surface area contributed by atoms with Crippen molar-refractivity contribution in [1.29, 1.82) is 0 Å². The third-order valence-electron chi connectivity index (χ3n) is 1.30. The third-order valence-corrected chi connectivity index (χ3v) is 1.30. The van der Waals surface area contributed by atoms with Gasteiger partial charge in [0.25, 0.3) is 5.67 Å². The van der Waals surface area contributed by atoms with Crippen molar-refractivity contribution in [3.8, 4) is 0 Å². The zero-order valence-corrected chi connectivity index (χ0v) is 6.89. The topological polar surface area (TPSA) is 43.4 Å². The SMILES string of the molecule is CCOC(=O)C(C)(F)C(=O)CF. The standard InChI is InChI=1S/C7H10F2O3/c1-3-12-6(11)7(2,9)5(10)4-8/h3-4H2,1-2H3. The molecule has 0 fully saturated rings. The van der Waals surface area contributed by atoms with E-state index in [1.165, 1.54) is 6.92 Å². The van der Waals surface area contributed by atoms with Crippen LogP contribution in [0.3, 0.4) is 0 Å². The Labute approximate surface area is 68.7 Å². The molecule has 0 aromatic carbocycles. The molecule has 0 aliphatic rings. The summed E-state index contributed by atoms with van der Waals surface area (Å²) in [5.74, 6) is -2.76. The first-order chi connectivity index (χ1) is 5.46. The van der Waals surface area contributed by atoms with E-state index in [9.17, 15) is 18.4 Å². The summed E-state index contributed by atoms with van der Waals surface area (Å²) in [6, 6.07) is 0. The summed E-state index contributed by atoms with van der Waals surface area (Å²) in [5, 5.41) is 0. The minimum absolute atomic E-state index is 0.0437. The second-order valence-corrected chi connectivity index (χ2v) is 2.28. The normalized spacial score (nSPS) is 15.0. The Morgan fingerprint density at radius 1 is 1.50 bits per heavy atom. The molecule has 0 aliphatic heterocycles. The average Bonchev–Trinajstić information content (AvgIpc) is 2.03. The van der Waals surface area contributed by atoms with E-state index in [-0.39, 0.29) is 6.61 Å². The molecule has 0 aliphatic carbocycles. The van der Waals surface area contributed by atoms with Gasteiger partial charge in [0.15, 0.2) is 6.67 Å². The molecule has 1 unspecified atom stereocenters. The molecule has 12 heavy (non-hydrogen) atoms. The van der Waals surface area contributed by atoms with Gasteiger partial charge in [-0.15, -0.1) is 0 Å². The molecule has 0 saturated heterocycles. The molecule has 0 bridgehead atoms. The predicted molar refractivity (Wildman–Crippen MR) is 37.1 cm³/mol. The number of esters is 1. The molecule has 0 amide bonds. The van der Waals surface area contributed by atoms with Gasteiger partial charge in [0.2, 0.25) is 5.78 Å². The summed E-state index contributed by atoms with van der Waals surface area (Å²) < 4.78 is 28.9. The Bertz CT molecular complexity index is 189. The van der Waals surface area contributed by atoms with Gasteiger partial charge in [-0.25, -0.2) is 13.6 Å². The molecule has 0 saturated carbocycles. The van der Waals surface area contributed by atoms with Crippen LogP contribution in [-0.2, 0) is 14.3 Å². The molecule has 5 heteroatoms. The fourth-order valence-electron chi connectivity index (χ4n) is 0.506. The average molecular weight is 180 g/mol. The molecule has 70 valence electrons. The van der Waals surface area contributed by atoms with E-state index in [1.54, 1.807) is 0 Å². The van der Waals surface area contributed by atoms with E-state index in [2.05, 4.69) is 4.74 Å². The zero-order chi connectivity index (χ0) is 9.78. The van der Waals surface area contributed by atoms with Gasteiger partial charge in [0.1, 0.15) is 0 Å². The number of carbonyl (C=O) groups excluding carboxylic acids is 2. The first-order valence-electron chi connectivity index (χ1n) is 3.42. The first-order valence-corrected chi connectivity index (χ1v) is 3.42. The minimum atomic E-state index is -2.86. The number of hydrogen-bond acceptors (Lipinski definition) is 3. The van der Waals surface area contributed by atoms with Gasteiger partial charge in [-0.05, 0) is 13.8 Å². The van der Waals surface area contributed by atoms with Crippen molar-refractivity contribution in [3.05, 3.63) is 0 Å². The quantitative estimate of drug-likeness (QED) is 0.475. The number of alkyl halides is 2. The number of ketones is 1. The largest absolute Gasteiger partial charge is 0.463 e. The van der Waals surface area contributed by atoms with Crippen molar-refractivity contribution in [1.82, 2.24) is 0 Å². The van der Waals surface area contributed by atoms with Crippen molar-refractivity contribution in [2.45, 2.75) is 19.5 Å². The molecule has 0 radical (unpaired) electrons. The third kappa shape index (κ3) is 2.25. The number of rotatable bonds is 4. The van der Waals surface area contributed by atoms with E-state index < -0.39 is 24.1 Å². The van der Waals surface area contributed by atoms with E-state index in [0.717, 1.165) is 0 Å². The molecule has 3 nitrogen and oxygen atoms in total. The molecule has 0 aromatic heterocycles. The lowest BCUT2D eigenvalue weighted by atomic mass is 10.1. The number of halogens is 2. The summed E-state index contributed by atoms with van der Waals surface area (Å²) in [4.78, 5) is 21.2. The van der Waals surface area contributed by atoms with Crippen LogP contribution in [0.2, 0.25) is 0 Å². The molecular weight excluding hydrogens is 170 g/mol. The van der Waals surface area contributed by atoms with Crippen LogP contribution < -0.4 is 0 Å². The summed E-state index contributed by atoms with van der Waals surface area (Å²) in [7, 11) is 0. The second kappa shape index (κ2) is 4.13. The van der Waals surface area contributed by atoms with Crippen LogP contribution >= 0.6 is 0 Å². The monoisotopic (exact) mass is 180 g/mol. The molecule has 0 spiro atoms. The Kier molecular flexibility index (Phi) is 3.79. The first kappa shape index (κ1) is 11.0. The Morgan fingerprint density at radius 3 is 2.33 bits per heavy atom. The molecule has 1 atom stereocenters. The van der Waals surface area contributed by atoms with Crippen molar-refractivity contribution in [2.24, 2.45) is 0 Å². The number of Topliss-reactive ketones (excluding diaryl/α,β-unsaturated/α-hetero) is 1. The van der Waals surface area contributed by atoms with Gasteiger partial charge in [-0.3, -0.25) is 4.79 Å². The maximum absolute atomic E-state index is 13.0. The van der Waals surface area contributed by atoms with Gasteiger partial charge < -0.3 is 4.74 Å². The van der Waals surface area contributed by atoms with Crippen LogP contribution in [0.5, 0.6) is 0 Å². The summed E-state index contributed by atoms with van der Waals surface area (Å²) in [5.41, 5.74) is -2.86. The highest BCUT2D eigenvalue weighted by molar-refractivity contribution is 6.07. The molecule has 0 N–H and O–H groups in total. The van der Waals surface area contributed by atoms with E-state index in [1.807, 2.05) is 0 Å². The van der Waals surface area contributed by atoms with E-state index in [0.29, 0.717) is 6.92 Å². The zero-order valence-electron chi connectivity index (χ0n) is 6.89. The summed E-state index contributed by atoms with van der Waals surface area (Å²) >= 11 is 0. The van der Waals surface area contributed by atoms with Crippen LogP contribution in [0, 0.1) is 0 Å². The van der Waals surface area contributed by atoms with Crippen LogP contribution in [0.4, 0.5) is 8.78 Å². The van der Waals surface area contributed by atoms with Gasteiger partial charge >= 0.3 is 5.97 Å². The highest BCUT2D eigenvalue weighted by Crippen LogP contribution is 2.14. The fraction of sp³-hybridized carbons (Fsp3) is 0.714. The predicted octanol–water partition coefficient (Wildman–Crippen LogP) is 0.816. The van der Waals surface area contributed by atoms with E-state index in [4.69, 9.17) is 0 Å². The smallest absolute Gasteiger partial charge is 0.351 e. The minimum Gasteiger partial charge on any atom is -0.463 e. The summed E-state index contributed by atoms with van der Waals surface area (Å²) in [6.45, 7) is 0.602. The van der Waals surface area contributed by atoms with Crippen LogP contribution in [0.1, 0.15) is 13.8 Å². The molecule has 0 heterocycles. The van der Waals surface area contributed by atoms with Crippen molar-refractivity contribution < 1.29 is 23.1 Å². The number of carbonyl (C=O) groups is 2. The van der Waals surface area contributed by atoms with Crippen molar-refractivity contribution >= 4 is 11.8 Å². The summed E-state index contributed by atoms with van der Waals surface area (Å²) in [6.07, 6.45) is 0. The Balaban J connectivity index is 4.38. The second-order valence-electron chi connectivity index (χ2n) is 2.28.